The average molecular weight is 381 g/mol. The van der Waals surface area contributed by atoms with Gasteiger partial charge in [-0.05, 0) is 51.1 Å². The van der Waals surface area contributed by atoms with Crippen molar-refractivity contribution in [1.82, 2.24) is 20.4 Å². The van der Waals surface area contributed by atoms with E-state index in [-0.39, 0.29) is 5.41 Å². The highest BCUT2D eigenvalue weighted by Crippen LogP contribution is 2.50. The minimum absolute atomic E-state index is 0.210. The minimum atomic E-state index is 0.210. The Morgan fingerprint density at radius 1 is 1.30 bits per heavy atom. The second-order valence-corrected chi connectivity index (χ2v) is 8.64. The number of rotatable bonds is 11. The van der Waals surface area contributed by atoms with Crippen LogP contribution in [-0.4, -0.2) is 69.2 Å². The maximum atomic E-state index is 5.86. The van der Waals surface area contributed by atoms with Gasteiger partial charge in [-0.25, -0.2) is 0 Å². The van der Waals surface area contributed by atoms with Gasteiger partial charge in [-0.15, -0.1) is 0 Å². The van der Waals surface area contributed by atoms with Crippen molar-refractivity contribution in [2.75, 3.05) is 54.1 Å². The quantitative estimate of drug-likeness (QED) is 0.618. The van der Waals surface area contributed by atoms with E-state index in [1.54, 1.807) is 0 Å². The number of likely N-dealkylation sites (N-methyl/N-ethyl adjacent to an activating group) is 2. The number of aromatic amines is 1. The first-order valence-corrected chi connectivity index (χ1v) is 10.4. The Bertz CT molecular complexity index is 546. The van der Waals surface area contributed by atoms with Crippen LogP contribution in [0.4, 0.5) is 0 Å². The zero-order chi connectivity index (χ0) is 19.9. The van der Waals surface area contributed by atoms with Gasteiger partial charge in [0.2, 0.25) is 0 Å². The molecule has 1 aliphatic rings. The molecule has 27 heavy (non-hydrogen) atoms. The molecule has 1 saturated carbocycles. The van der Waals surface area contributed by atoms with Crippen LogP contribution in [0.25, 0.3) is 0 Å². The van der Waals surface area contributed by atoms with Crippen LogP contribution in [0.1, 0.15) is 50.8 Å². The molecule has 1 fully saturated rings. The molecule has 1 aliphatic carbocycles. The third kappa shape index (κ3) is 5.76. The summed E-state index contributed by atoms with van der Waals surface area (Å²) < 4.78 is 11.4. The second-order valence-electron chi connectivity index (χ2n) is 8.64. The molecule has 1 aromatic heterocycles. The van der Waals surface area contributed by atoms with Gasteiger partial charge in [0.15, 0.2) is 0 Å². The van der Waals surface area contributed by atoms with Crippen molar-refractivity contribution < 1.29 is 9.47 Å². The summed E-state index contributed by atoms with van der Waals surface area (Å²) in [6.07, 6.45) is 4.33. The Labute approximate surface area is 165 Å². The van der Waals surface area contributed by atoms with E-state index in [0.717, 1.165) is 52.3 Å². The summed E-state index contributed by atoms with van der Waals surface area (Å²) in [6.45, 7) is 12.2. The first kappa shape index (κ1) is 22.3. The summed E-state index contributed by atoms with van der Waals surface area (Å²) in [5, 5.41) is 11.0. The van der Waals surface area contributed by atoms with Crippen molar-refractivity contribution in [2.45, 2.75) is 46.1 Å². The van der Waals surface area contributed by atoms with Crippen molar-refractivity contribution in [3.05, 3.63) is 17.5 Å². The van der Waals surface area contributed by atoms with E-state index in [1.807, 2.05) is 14.2 Å². The molecule has 6 nitrogen and oxygen atoms in total. The van der Waals surface area contributed by atoms with Crippen LogP contribution < -0.4 is 5.32 Å². The van der Waals surface area contributed by atoms with E-state index >= 15 is 0 Å². The predicted octanol–water partition coefficient (Wildman–Crippen LogP) is 2.88. The SMILES string of the molecule is CCOCC1CC(c2n[nH]cc2CN(C)CCNC)CC(COC)C1(C)C. The van der Waals surface area contributed by atoms with Gasteiger partial charge in [-0.1, -0.05) is 13.8 Å². The van der Waals surface area contributed by atoms with E-state index in [9.17, 15) is 0 Å². The largest absolute Gasteiger partial charge is 0.384 e. The maximum Gasteiger partial charge on any atom is 0.0698 e. The van der Waals surface area contributed by atoms with Gasteiger partial charge in [0.25, 0.3) is 0 Å². The first-order valence-electron chi connectivity index (χ1n) is 10.4. The molecular formula is C21H40N4O2. The van der Waals surface area contributed by atoms with E-state index in [0.29, 0.717) is 17.8 Å². The predicted molar refractivity (Wildman–Crippen MR) is 110 cm³/mol. The fourth-order valence-corrected chi connectivity index (χ4v) is 4.45. The highest BCUT2D eigenvalue weighted by Gasteiger charge is 2.45. The van der Waals surface area contributed by atoms with E-state index in [1.165, 1.54) is 11.3 Å². The molecule has 0 amide bonds. The molecule has 156 valence electrons. The van der Waals surface area contributed by atoms with Gasteiger partial charge in [0.05, 0.1) is 5.69 Å². The number of aromatic nitrogens is 2. The summed E-state index contributed by atoms with van der Waals surface area (Å²) in [7, 11) is 5.98. The van der Waals surface area contributed by atoms with E-state index < -0.39 is 0 Å². The fraction of sp³-hybridized carbons (Fsp3) is 0.857. The van der Waals surface area contributed by atoms with Crippen molar-refractivity contribution >= 4 is 0 Å². The maximum absolute atomic E-state index is 5.86. The Balaban J connectivity index is 2.16. The number of ether oxygens (including phenoxy) is 2. The third-order valence-corrected chi connectivity index (χ3v) is 6.46. The van der Waals surface area contributed by atoms with Crippen molar-refractivity contribution in [2.24, 2.45) is 17.3 Å². The van der Waals surface area contributed by atoms with Crippen molar-refractivity contribution in [3.63, 3.8) is 0 Å². The van der Waals surface area contributed by atoms with Crippen LogP contribution in [0, 0.1) is 17.3 Å². The van der Waals surface area contributed by atoms with Gasteiger partial charge in [0, 0.05) is 64.2 Å². The van der Waals surface area contributed by atoms with E-state index in [2.05, 4.69) is 54.4 Å². The lowest BCUT2D eigenvalue weighted by Crippen LogP contribution is -2.43. The Morgan fingerprint density at radius 3 is 2.63 bits per heavy atom. The van der Waals surface area contributed by atoms with Crippen molar-refractivity contribution in [3.8, 4) is 0 Å². The summed E-state index contributed by atoms with van der Waals surface area (Å²) in [5.74, 6) is 1.49. The zero-order valence-corrected chi connectivity index (χ0v) is 18.2. The lowest BCUT2D eigenvalue weighted by Gasteiger charge is -2.47. The van der Waals surface area contributed by atoms with Crippen LogP contribution in [0.5, 0.6) is 0 Å². The Kier molecular flexibility index (Phi) is 8.73. The van der Waals surface area contributed by atoms with Crippen LogP contribution in [-0.2, 0) is 16.0 Å². The molecule has 2 rings (SSSR count). The molecule has 2 N–H and O–H groups in total. The molecule has 0 aromatic carbocycles. The van der Waals surface area contributed by atoms with Crippen LogP contribution in [0.3, 0.4) is 0 Å². The minimum Gasteiger partial charge on any atom is -0.384 e. The summed E-state index contributed by atoms with van der Waals surface area (Å²) in [6, 6.07) is 0. The number of hydrogen-bond acceptors (Lipinski definition) is 5. The van der Waals surface area contributed by atoms with Gasteiger partial charge in [-0.3, -0.25) is 5.10 Å². The third-order valence-electron chi connectivity index (χ3n) is 6.46. The summed E-state index contributed by atoms with van der Waals surface area (Å²) >= 11 is 0. The Morgan fingerprint density at radius 2 is 2.00 bits per heavy atom. The molecule has 0 bridgehead atoms. The molecule has 6 heteroatoms. The highest BCUT2D eigenvalue weighted by atomic mass is 16.5. The molecule has 1 heterocycles. The lowest BCUT2D eigenvalue weighted by molar-refractivity contribution is -0.0413. The molecule has 0 spiro atoms. The molecule has 1 aromatic rings. The fourth-order valence-electron chi connectivity index (χ4n) is 4.45. The monoisotopic (exact) mass is 380 g/mol. The van der Waals surface area contributed by atoms with Crippen LogP contribution >= 0.6 is 0 Å². The Hall–Kier alpha value is -0.950. The molecule has 3 atom stereocenters. The van der Waals surface area contributed by atoms with Gasteiger partial charge in [-0.2, -0.15) is 5.10 Å². The van der Waals surface area contributed by atoms with Gasteiger partial charge >= 0.3 is 0 Å². The van der Waals surface area contributed by atoms with Crippen molar-refractivity contribution in [1.29, 1.82) is 0 Å². The molecule has 3 unspecified atom stereocenters. The molecule has 0 radical (unpaired) electrons. The summed E-state index contributed by atoms with van der Waals surface area (Å²) in [5.41, 5.74) is 2.77. The van der Waals surface area contributed by atoms with Crippen LogP contribution in [0.15, 0.2) is 6.20 Å². The number of nitrogens with one attached hydrogen (secondary N) is 2. The first-order chi connectivity index (χ1) is 12.9. The zero-order valence-electron chi connectivity index (χ0n) is 18.2. The second kappa shape index (κ2) is 10.6. The number of H-pyrrole nitrogens is 1. The lowest BCUT2D eigenvalue weighted by atomic mass is 9.59. The van der Waals surface area contributed by atoms with E-state index in [4.69, 9.17) is 9.47 Å². The highest BCUT2D eigenvalue weighted by molar-refractivity contribution is 5.22. The standard InChI is InChI=1S/C21H40N4O2/c1-7-27-15-19-11-16(10-18(14-26-6)21(19,2)3)20-17(12-23-24-20)13-25(5)9-8-22-4/h12,16,18-19,22H,7-11,13-15H2,1-6H3,(H,23,24). The number of methoxy groups -OCH3 is 1. The number of hydrogen-bond donors (Lipinski definition) is 2. The smallest absolute Gasteiger partial charge is 0.0698 e. The molecule has 0 aliphatic heterocycles. The van der Waals surface area contributed by atoms with Gasteiger partial charge in [0.1, 0.15) is 0 Å². The molecule has 0 saturated heterocycles. The topological polar surface area (TPSA) is 62.4 Å². The summed E-state index contributed by atoms with van der Waals surface area (Å²) in [4.78, 5) is 2.35. The number of nitrogens with zero attached hydrogens (tertiary/aromatic N) is 2. The van der Waals surface area contributed by atoms with Gasteiger partial charge < -0.3 is 19.7 Å². The average Bonchev–Trinajstić information content (AvgIpc) is 3.08. The molecular weight excluding hydrogens is 340 g/mol. The van der Waals surface area contributed by atoms with Crippen LogP contribution in [0.2, 0.25) is 0 Å². The normalized spacial score (nSPS) is 25.2.